The molecule has 1 aromatic heterocycles. The van der Waals surface area contributed by atoms with Gasteiger partial charge in [0.25, 0.3) is 5.19 Å². The molecule has 0 aromatic carbocycles. The van der Waals surface area contributed by atoms with Crippen LogP contribution in [0, 0.1) is 0 Å². The van der Waals surface area contributed by atoms with Gasteiger partial charge in [-0.05, 0) is 19.4 Å². The zero-order chi connectivity index (χ0) is 9.80. The Balaban J connectivity index is 2.04. The van der Waals surface area contributed by atoms with Crippen molar-refractivity contribution in [2.45, 2.75) is 31.7 Å². The summed E-state index contributed by atoms with van der Waals surface area (Å²) in [5.41, 5.74) is 1.15. The summed E-state index contributed by atoms with van der Waals surface area (Å²) >= 11 is 1.58. The standard InChI is InChI=1S/C10H16N2OS/c1-13-10-12-9(7-14-10)8-5-3-2-4-6-11-8/h7-8,11H,2-6H2,1H3. The molecule has 1 fully saturated rings. The lowest BCUT2D eigenvalue weighted by Gasteiger charge is -2.12. The van der Waals surface area contributed by atoms with Crippen molar-refractivity contribution in [2.75, 3.05) is 13.7 Å². The van der Waals surface area contributed by atoms with Gasteiger partial charge in [-0.15, -0.1) is 0 Å². The van der Waals surface area contributed by atoms with E-state index in [1.54, 1.807) is 18.4 Å². The average Bonchev–Trinajstić information content (AvgIpc) is 2.53. The molecule has 1 atom stereocenters. The largest absolute Gasteiger partial charge is 0.473 e. The van der Waals surface area contributed by atoms with Crippen LogP contribution in [0.5, 0.6) is 5.19 Å². The first-order valence-electron chi connectivity index (χ1n) is 5.13. The van der Waals surface area contributed by atoms with Gasteiger partial charge in [0.05, 0.1) is 18.8 Å². The normalized spacial score (nSPS) is 23.1. The number of nitrogens with one attached hydrogen (secondary N) is 1. The number of ether oxygens (including phenoxy) is 1. The molecule has 3 nitrogen and oxygen atoms in total. The number of aromatic nitrogens is 1. The summed E-state index contributed by atoms with van der Waals surface area (Å²) in [5.74, 6) is 0. The first-order chi connectivity index (χ1) is 6.90. The third-order valence-electron chi connectivity index (χ3n) is 2.59. The minimum absolute atomic E-state index is 0.442. The fraction of sp³-hybridized carbons (Fsp3) is 0.700. The lowest BCUT2D eigenvalue weighted by molar-refractivity contribution is 0.407. The molecule has 1 saturated heterocycles. The molecule has 1 N–H and O–H groups in total. The van der Waals surface area contributed by atoms with Crippen LogP contribution in [0.3, 0.4) is 0 Å². The van der Waals surface area contributed by atoms with Crippen LogP contribution in [-0.4, -0.2) is 18.6 Å². The molecule has 2 rings (SSSR count). The monoisotopic (exact) mass is 212 g/mol. The minimum Gasteiger partial charge on any atom is -0.473 e. The summed E-state index contributed by atoms with van der Waals surface area (Å²) in [7, 11) is 1.67. The van der Waals surface area contributed by atoms with Gasteiger partial charge in [0.1, 0.15) is 0 Å². The SMILES string of the molecule is COc1nc(C2CCCCCN2)cs1. The molecule has 0 bridgehead atoms. The predicted molar refractivity (Wildman–Crippen MR) is 57.9 cm³/mol. The van der Waals surface area contributed by atoms with Gasteiger partial charge in [0.15, 0.2) is 0 Å². The minimum atomic E-state index is 0.442. The van der Waals surface area contributed by atoms with Crippen molar-refractivity contribution >= 4 is 11.3 Å². The second-order valence-electron chi connectivity index (χ2n) is 3.60. The maximum atomic E-state index is 5.10. The van der Waals surface area contributed by atoms with E-state index in [4.69, 9.17) is 4.74 Å². The summed E-state index contributed by atoms with van der Waals surface area (Å²) in [5, 5.41) is 6.39. The number of nitrogens with zero attached hydrogens (tertiary/aromatic N) is 1. The van der Waals surface area contributed by atoms with E-state index in [0.717, 1.165) is 17.4 Å². The molecule has 78 valence electrons. The number of hydrogen-bond donors (Lipinski definition) is 1. The van der Waals surface area contributed by atoms with Gasteiger partial charge >= 0.3 is 0 Å². The Morgan fingerprint density at radius 2 is 2.43 bits per heavy atom. The molecular formula is C10H16N2OS. The van der Waals surface area contributed by atoms with E-state index in [-0.39, 0.29) is 0 Å². The highest BCUT2D eigenvalue weighted by Crippen LogP contribution is 2.26. The van der Waals surface area contributed by atoms with Crippen LogP contribution in [0.2, 0.25) is 0 Å². The van der Waals surface area contributed by atoms with E-state index in [2.05, 4.69) is 15.7 Å². The van der Waals surface area contributed by atoms with Crippen LogP contribution in [0.15, 0.2) is 5.38 Å². The van der Waals surface area contributed by atoms with Gasteiger partial charge < -0.3 is 10.1 Å². The van der Waals surface area contributed by atoms with Crippen molar-refractivity contribution in [3.8, 4) is 5.19 Å². The van der Waals surface area contributed by atoms with Gasteiger partial charge in [-0.2, -0.15) is 0 Å². The van der Waals surface area contributed by atoms with E-state index >= 15 is 0 Å². The number of rotatable bonds is 2. The zero-order valence-corrected chi connectivity index (χ0v) is 9.27. The van der Waals surface area contributed by atoms with Crippen LogP contribution in [0.1, 0.15) is 37.4 Å². The van der Waals surface area contributed by atoms with Gasteiger partial charge in [0, 0.05) is 5.38 Å². The third kappa shape index (κ3) is 2.25. The van der Waals surface area contributed by atoms with Crippen molar-refractivity contribution in [1.82, 2.24) is 10.3 Å². The molecule has 2 heterocycles. The van der Waals surface area contributed by atoms with Gasteiger partial charge in [-0.25, -0.2) is 4.98 Å². The topological polar surface area (TPSA) is 34.1 Å². The molecule has 4 heteroatoms. The molecular weight excluding hydrogens is 196 g/mol. The lowest BCUT2D eigenvalue weighted by atomic mass is 10.1. The Kier molecular flexibility index (Phi) is 3.37. The van der Waals surface area contributed by atoms with E-state index in [0.29, 0.717) is 6.04 Å². The van der Waals surface area contributed by atoms with Crippen molar-refractivity contribution in [1.29, 1.82) is 0 Å². The van der Waals surface area contributed by atoms with Crippen molar-refractivity contribution in [2.24, 2.45) is 0 Å². The number of methoxy groups -OCH3 is 1. The van der Waals surface area contributed by atoms with E-state index in [1.807, 2.05) is 0 Å². The highest BCUT2D eigenvalue weighted by atomic mass is 32.1. The Morgan fingerprint density at radius 3 is 3.21 bits per heavy atom. The smallest absolute Gasteiger partial charge is 0.273 e. The summed E-state index contributed by atoms with van der Waals surface area (Å²) < 4.78 is 5.10. The molecule has 0 aliphatic carbocycles. The quantitative estimate of drug-likeness (QED) is 0.817. The molecule has 1 aromatic rings. The highest BCUT2D eigenvalue weighted by Gasteiger charge is 2.16. The lowest BCUT2D eigenvalue weighted by Crippen LogP contribution is -2.20. The van der Waals surface area contributed by atoms with E-state index in [1.165, 1.54) is 25.7 Å². The predicted octanol–water partition coefficient (Wildman–Crippen LogP) is 2.36. The van der Waals surface area contributed by atoms with Crippen molar-refractivity contribution in [3.05, 3.63) is 11.1 Å². The average molecular weight is 212 g/mol. The fourth-order valence-corrected chi connectivity index (χ4v) is 2.50. The Labute approximate surface area is 88.5 Å². The van der Waals surface area contributed by atoms with Crippen molar-refractivity contribution in [3.63, 3.8) is 0 Å². The summed E-state index contributed by atoms with van der Waals surface area (Å²) in [6.45, 7) is 1.12. The third-order valence-corrected chi connectivity index (χ3v) is 3.41. The number of hydrogen-bond acceptors (Lipinski definition) is 4. The first-order valence-corrected chi connectivity index (χ1v) is 6.01. The Hall–Kier alpha value is -0.610. The van der Waals surface area contributed by atoms with Gasteiger partial charge in [-0.3, -0.25) is 0 Å². The molecule has 0 saturated carbocycles. The van der Waals surface area contributed by atoms with Crippen molar-refractivity contribution < 1.29 is 4.74 Å². The summed E-state index contributed by atoms with van der Waals surface area (Å²) in [6.07, 6.45) is 5.13. The summed E-state index contributed by atoms with van der Waals surface area (Å²) in [4.78, 5) is 4.43. The van der Waals surface area contributed by atoms with Gasteiger partial charge in [-0.1, -0.05) is 24.2 Å². The molecule has 0 radical (unpaired) electrons. The Morgan fingerprint density at radius 1 is 1.50 bits per heavy atom. The number of thiazole rings is 1. The fourth-order valence-electron chi connectivity index (χ4n) is 1.80. The van der Waals surface area contributed by atoms with Crippen LogP contribution in [0.25, 0.3) is 0 Å². The van der Waals surface area contributed by atoms with E-state index < -0.39 is 0 Å². The van der Waals surface area contributed by atoms with Gasteiger partial charge in [0.2, 0.25) is 0 Å². The van der Waals surface area contributed by atoms with Crippen LogP contribution < -0.4 is 10.1 Å². The zero-order valence-electron chi connectivity index (χ0n) is 8.45. The maximum Gasteiger partial charge on any atom is 0.273 e. The second-order valence-corrected chi connectivity index (χ2v) is 4.42. The maximum absolute atomic E-state index is 5.10. The molecule has 14 heavy (non-hydrogen) atoms. The molecule has 1 unspecified atom stereocenters. The van der Waals surface area contributed by atoms with Crippen LogP contribution >= 0.6 is 11.3 Å². The molecule has 0 amide bonds. The van der Waals surface area contributed by atoms with E-state index in [9.17, 15) is 0 Å². The molecule has 1 aliphatic rings. The summed E-state index contributed by atoms with van der Waals surface area (Å²) in [6, 6.07) is 0.442. The first kappa shape index (κ1) is 9.93. The van der Waals surface area contributed by atoms with Crippen LogP contribution in [-0.2, 0) is 0 Å². The van der Waals surface area contributed by atoms with Crippen LogP contribution in [0.4, 0.5) is 0 Å². The second kappa shape index (κ2) is 4.75. The molecule has 1 aliphatic heterocycles. The molecule has 0 spiro atoms. The highest BCUT2D eigenvalue weighted by molar-refractivity contribution is 7.11. The Bertz CT molecular complexity index is 279.